The Hall–Kier alpha value is -2.15. The van der Waals surface area contributed by atoms with E-state index in [1.807, 2.05) is 0 Å². The Morgan fingerprint density at radius 2 is 2.12 bits per heavy atom. The third kappa shape index (κ3) is 4.44. The van der Waals surface area contributed by atoms with Crippen LogP contribution in [-0.4, -0.2) is 60.7 Å². The number of amides is 2. The fraction of sp³-hybridized carbons (Fsp3) is 0.588. The molecule has 1 N–H and O–H groups in total. The van der Waals surface area contributed by atoms with E-state index in [9.17, 15) is 9.59 Å². The fourth-order valence-corrected chi connectivity index (χ4v) is 2.49. The molecule has 1 saturated carbocycles. The normalized spacial score (nSPS) is 18.8. The molecule has 7 nitrogen and oxygen atoms in total. The van der Waals surface area contributed by atoms with Crippen LogP contribution in [0.4, 0.5) is 0 Å². The first-order valence-electron chi connectivity index (χ1n) is 8.40. The summed E-state index contributed by atoms with van der Waals surface area (Å²) in [7, 11) is 0. The van der Waals surface area contributed by atoms with Crippen molar-refractivity contribution in [1.29, 1.82) is 0 Å². The second-order valence-corrected chi connectivity index (χ2v) is 6.27. The minimum atomic E-state index is -0.582. The van der Waals surface area contributed by atoms with Crippen molar-refractivity contribution in [1.82, 2.24) is 15.2 Å². The van der Waals surface area contributed by atoms with Crippen LogP contribution in [0.5, 0.6) is 5.88 Å². The summed E-state index contributed by atoms with van der Waals surface area (Å²) in [5.74, 6) is 0.770. The number of hydrogen-bond acceptors (Lipinski definition) is 5. The van der Waals surface area contributed by atoms with Gasteiger partial charge >= 0.3 is 0 Å². The molecule has 1 atom stereocenters. The number of aromatic nitrogens is 1. The molecule has 0 bridgehead atoms. The van der Waals surface area contributed by atoms with Crippen molar-refractivity contribution in [3.8, 4) is 5.88 Å². The van der Waals surface area contributed by atoms with Crippen LogP contribution in [0, 0.1) is 5.92 Å². The van der Waals surface area contributed by atoms with Crippen LogP contribution in [0.2, 0.25) is 0 Å². The minimum Gasteiger partial charge on any atom is -0.477 e. The lowest BCUT2D eigenvalue weighted by molar-refractivity contribution is -0.136. The van der Waals surface area contributed by atoms with Crippen LogP contribution in [0.25, 0.3) is 0 Å². The first kappa shape index (κ1) is 16.7. The van der Waals surface area contributed by atoms with Crippen LogP contribution in [0.3, 0.4) is 0 Å². The van der Waals surface area contributed by atoms with Crippen molar-refractivity contribution < 1.29 is 19.1 Å². The highest BCUT2D eigenvalue weighted by atomic mass is 16.5. The number of nitrogens with one attached hydrogen (secondary N) is 1. The smallest absolute Gasteiger partial charge is 0.253 e. The van der Waals surface area contributed by atoms with E-state index >= 15 is 0 Å². The lowest BCUT2D eigenvalue weighted by atomic mass is 10.2. The van der Waals surface area contributed by atoms with Crippen molar-refractivity contribution in [2.75, 3.05) is 32.9 Å². The Morgan fingerprint density at radius 1 is 1.38 bits per heavy atom. The highest BCUT2D eigenvalue weighted by Crippen LogP contribution is 2.29. The van der Waals surface area contributed by atoms with Gasteiger partial charge in [0.25, 0.3) is 5.91 Å². The van der Waals surface area contributed by atoms with Gasteiger partial charge in [-0.25, -0.2) is 4.98 Å². The number of morpholine rings is 1. The van der Waals surface area contributed by atoms with Gasteiger partial charge in [-0.1, -0.05) is 0 Å². The number of carbonyl (C=O) groups excluding carboxylic acids is 2. The van der Waals surface area contributed by atoms with Crippen molar-refractivity contribution in [2.24, 2.45) is 5.92 Å². The second kappa shape index (κ2) is 7.61. The van der Waals surface area contributed by atoms with Gasteiger partial charge in [-0.2, -0.15) is 0 Å². The van der Waals surface area contributed by atoms with E-state index in [-0.39, 0.29) is 11.8 Å². The summed E-state index contributed by atoms with van der Waals surface area (Å²) in [6.07, 6.45) is 3.91. The Kier molecular flexibility index (Phi) is 5.30. The Bertz CT molecular complexity index is 580. The number of carbonyl (C=O) groups is 2. The molecule has 0 radical (unpaired) electrons. The van der Waals surface area contributed by atoms with Gasteiger partial charge in [-0.3, -0.25) is 9.59 Å². The Morgan fingerprint density at radius 3 is 2.75 bits per heavy atom. The summed E-state index contributed by atoms with van der Waals surface area (Å²) in [6, 6.07) is 2.77. The van der Waals surface area contributed by atoms with Crippen molar-refractivity contribution in [3.63, 3.8) is 0 Å². The standard InChI is InChI=1S/C17H23N3O4/c1-12(17(22)20-6-8-23-9-7-20)19-16(21)14-4-5-15(18-10-14)24-11-13-2-3-13/h4-5,10,12-13H,2-3,6-9,11H2,1H3,(H,19,21)/t12-/m0/s1. The largest absolute Gasteiger partial charge is 0.477 e. The molecule has 1 aliphatic heterocycles. The molecule has 1 aromatic rings. The minimum absolute atomic E-state index is 0.0935. The maximum atomic E-state index is 12.3. The van der Waals surface area contributed by atoms with Crippen molar-refractivity contribution in [2.45, 2.75) is 25.8 Å². The van der Waals surface area contributed by atoms with Crippen LogP contribution in [0.1, 0.15) is 30.1 Å². The van der Waals surface area contributed by atoms with Crippen LogP contribution in [-0.2, 0) is 9.53 Å². The monoisotopic (exact) mass is 333 g/mol. The molecule has 1 aliphatic carbocycles. The Labute approximate surface area is 141 Å². The SMILES string of the molecule is C[C@H](NC(=O)c1ccc(OCC2CC2)nc1)C(=O)N1CCOCC1. The first-order valence-corrected chi connectivity index (χ1v) is 8.40. The van der Waals surface area contributed by atoms with Gasteiger partial charge in [0.15, 0.2) is 0 Å². The van der Waals surface area contributed by atoms with Gasteiger partial charge in [-0.05, 0) is 31.7 Å². The maximum Gasteiger partial charge on any atom is 0.253 e. The zero-order valence-electron chi connectivity index (χ0n) is 13.9. The van der Waals surface area contributed by atoms with Gasteiger partial charge < -0.3 is 19.7 Å². The van der Waals surface area contributed by atoms with E-state index in [1.165, 1.54) is 19.0 Å². The van der Waals surface area contributed by atoms with E-state index in [0.717, 1.165) is 0 Å². The summed E-state index contributed by atoms with van der Waals surface area (Å²) in [5, 5.41) is 2.72. The lowest BCUT2D eigenvalue weighted by Gasteiger charge is -2.29. The van der Waals surface area contributed by atoms with Gasteiger partial charge in [0.1, 0.15) is 6.04 Å². The van der Waals surface area contributed by atoms with Crippen LogP contribution in [0.15, 0.2) is 18.3 Å². The molecular weight excluding hydrogens is 310 g/mol. The molecule has 0 aromatic carbocycles. The van der Waals surface area contributed by atoms with Crippen molar-refractivity contribution in [3.05, 3.63) is 23.9 Å². The number of hydrogen-bond donors (Lipinski definition) is 1. The molecule has 130 valence electrons. The Balaban J connectivity index is 1.50. The van der Waals surface area contributed by atoms with Crippen molar-refractivity contribution >= 4 is 11.8 Å². The van der Waals surface area contributed by atoms with E-state index in [4.69, 9.17) is 9.47 Å². The molecule has 24 heavy (non-hydrogen) atoms. The van der Waals surface area contributed by atoms with Crippen LogP contribution >= 0.6 is 0 Å². The second-order valence-electron chi connectivity index (χ2n) is 6.27. The molecule has 2 heterocycles. The van der Waals surface area contributed by atoms with Gasteiger partial charge in [0, 0.05) is 25.4 Å². The van der Waals surface area contributed by atoms with Gasteiger partial charge in [-0.15, -0.1) is 0 Å². The highest BCUT2D eigenvalue weighted by molar-refractivity contribution is 5.97. The van der Waals surface area contributed by atoms with E-state index < -0.39 is 6.04 Å². The highest BCUT2D eigenvalue weighted by Gasteiger charge is 2.24. The predicted octanol–water partition coefficient (Wildman–Crippen LogP) is 0.848. The summed E-state index contributed by atoms with van der Waals surface area (Å²) < 4.78 is 10.8. The van der Waals surface area contributed by atoms with Gasteiger partial charge in [0.2, 0.25) is 11.8 Å². The zero-order chi connectivity index (χ0) is 16.9. The average molecular weight is 333 g/mol. The molecule has 0 spiro atoms. The number of ether oxygens (including phenoxy) is 2. The summed E-state index contributed by atoms with van der Waals surface area (Å²) >= 11 is 0. The van der Waals surface area contributed by atoms with Gasteiger partial charge in [0.05, 0.1) is 25.4 Å². The average Bonchev–Trinajstić information content (AvgIpc) is 3.45. The summed E-state index contributed by atoms with van der Waals surface area (Å²) in [6.45, 7) is 4.58. The molecule has 2 aliphatic rings. The summed E-state index contributed by atoms with van der Waals surface area (Å²) in [4.78, 5) is 30.4. The molecule has 7 heteroatoms. The van der Waals surface area contributed by atoms with E-state index in [2.05, 4.69) is 10.3 Å². The third-order valence-electron chi connectivity index (χ3n) is 4.20. The number of rotatable bonds is 6. The van der Waals surface area contributed by atoms with E-state index in [1.54, 1.807) is 24.0 Å². The summed E-state index contributed by atoms with van der Waals surface area (Å²) in [5.41, 5.74) is 0.412. The molecule has 2 amide bonds. The predicted molar refractivity (Wildman–Crippen MR) is 86.8 cm³/mol. The fourth-order valence-electron chi connectivity index (χ4n) is 2.49. The molecule has 2 fully saturated rings. The molecular formula is C17H23N3O4. The van der Waals surface area contributed by atoms with Crippen LogP contribution < -0.4 is 10.1 Å². The number of nitrogens with zero attached hydrogens (tertiary/aromatic N) is 2. The molecule has 1 aromatic heterocycles. The topological polar surface area (TPSA) is 80.8 Å². The molecule has 3 rings (SSSR count). The maximum absolute atomic E-state index is 12.3. The molecule has 1 saturated heterocycles. The lowest BCUT2D eigenvalue weighted by Crippen LogP contribution is -2.50. The quantitative estimate of drug-likeness (QED) is 0.835. The van der Waals surface area contributed by atoms with E-state index in [0.29, 0.717) is 50.3 Å². The molecule has 0 unspecified atom stereocenters. The first-order chi connectivity index (χ1) is 11.6. The zero-order valence-corrected chi connectivity index (χ0v) is 13.9. The number of pyridine rings is 1. The third-order valence-corrected chi connectivity index (χ3v) is 4.20.